The van der Waals surface area contributed by atoms with E-state index in [1.165, 1.54) is 11.0 Å². The van der Waals surface area contributed by atoms with Crippen molar-refractivity contribution in [3.05, 3.63) is 30.1 Å². The van der Waals surface area contributed by atoms with Crippen molar-refractivity contribution in [3.63, 3.8) is 0 Å². The van der Waals surface area contributed by atoms with Crippen LogP contribution in [0, 0.1) is 11.7 Å². The topological polar surface area (TPSA) is 58.6 Å². The molecule has 2 heterocycles. The van der Waals surface area contributed by atoms with E-state index in [2.05, 4.69) is 5.32 Å². The fourth-order valence-electron chi connectivity index (χ4n) is 3.22. The summed E-state index contributed by atoms with van der Waals surface area (Å²) >= 11 is 0. The largest absolute Gasteiger partial charge is 0.376 e. The van der Waals surface area contributed by atoms with Crippen LogP contribution in [-0.2, 0) is 14.3 Å². The summed E-state index contributed by atoms with van der Waals surface area (Å²) in [6.45, 7) is 2.86. The Morgan fingerprint density at radius 2 is 2.22 bits per heavy atom. The molecule has 1 N–H and O–H groups in total. The fraction of sp³-hybridized carbons (Fsp3) is 0.529. The number of amides is 2. The van der Waals surface area contributed by atoms with Gasteiger partial charge in [-0.3, -0.25) is 9.59 Å². The molecule has 0 radical (unpaired) electrons. The molecule has 0 unspecified atom stereocenters. The Kier molecular flexibility index (Phi) is 4.61. The Bertz CT molecular complexity index is 601. The summed E-state index contributed by atoms with van der Waals surface area (Å²) in [4.78, 5) is 25.9. The molecule has 2 amide bonds. The van der Waals surface area contributed by atoms with Gasteiger partial charge < -0.3 is 15.0 Å². The third-order valence-electron chi connectivity index (χ3n) is 4.53. The van der Waals surface area contributed by atoms with Crippen LogP contribution in [0.1, 0.15) is 26.2 Å². The molecule has 3 atom stereocenters. The van der Waals surface area contributed by atoms with E-state index in [-0.39, 0.29) is 42.6 Å². The summed E-state index contributed by atoms with van der Waals surface area (Å²) in [6, 6.07) is 6.05. The predicted molar refractivity (Wildman–Crippen MR) is 83.4 cm³/mol. The van der Waals surface area contributed by atoms with Crippen molar-refractivity contribution < 1.29 is 18.7 Å². The number of hydrogen-bond donors (Lipinski definition) is 1. The summed E-state index contributed by atoms with van der Waals surface area (Å²) in [6.07, 6.45) is 2.09. The van der Waals surface area contributed by atoms with Crippen molar-refractivity contribution in [1.29, 1.82) is 0 Å². The molecule has 6 heteroatoms. The van der Waals surface area contributed by atoms with Crippen LogP contribution < -0.4 is 10.2 Å². The number of nitrogens with one attached hydrogen (secondary N) is 1. The van der Waals surface area contributed by atoms with Crippen LogP contribution in [0.15, 0.2) is 24.3 Å². The highest BCUT2D eigenvalue weighted by atomic mass is 19.1. The molecule has 2 aliphatic rings. The van der Waals surface area contributed by atoms with E-state index in [0.717, 1.165) is 19.4 Å². The fourth-order valence-corrected chi connectivity index (χ4v) is 3.22. The quantitative estimate of drug-likeness (QED) is 0.921. The molecular weight excluding hydrogens is 299 g/mol. The van der Waals surface area contributed by atoms with Crippen molar-refractivity contribution in [2.24, 2.45) is 5.92 Å². The lowest BCUT2D eigenvalue weighted by Crippen LogP contribution is -2.44. The molecule has 2 aliphatic heterocycles. The van der Waals surface area contributed by atoms with Crippen molar-refractivity contribution >= 4 is 17.5 Å². The van der Waals surface area contributed by atoms with Gasteiger partial charge in [0.25, 0.3) is 0 Å². The van der Waals surface area contributed by atoms with E-state index in [4.69, 9.17) is 4.74 Å². The van der Waals surface area contributed by atoms with Crippen molar-refractivity contribution in [2.75, 3.05) is 18.1 Å². The van der Waals surface area contributed by atoms with Crippen molar-refractivity contribution in [3.8, 4) is 0 Å². The first kappa shape index (κ1) is 15.9. The predicted octanol–water partition coefficient (Wildman–Crippen LogP) is 1.86. The van der Waals surface area contributed by atoms with Crippen molar-refractivity contribution in [1.82, 2.24) is 5.32 Å². The summed E-state index contributed by atoms with van der Waals surface area (Å²) in [5.74, 6) is -1.29. The maximum Gasteiger partial charge on any atom is 0.227 e. The lowest BCUT2D eigenvalue weighted by Gasteiger charge is -2.22. The third-order valence-corrected chi connectivity index (χ3v) is 4.53. The molecule has 0 aromatic heterocycles. The minimum atomic E-state index is -0.453. The molecule has 0 bridgehead atoms. The van der Waals surface area contributed by atoms with E-state index in [1.807, 2.05) is 6.92 Å². The monoisotopic (exact) mass is 320 g/mol. The third kappa shape index (κ3) is 3.37. The molecule has 124 valence electrons. The summed E-state index contributed by atoms with van der Waals surface area (Å²) < 4.78 is 19.4. The van der Waals surface area contributed by atoms with Crippen LogP contribution >= 0.6 is 0 Å². The number of nitrogens with zero attached hydrogens (tertiary/aromatic N) is 1. The molecular formula is C17H21FN2O3. The summed E-state index contributed by atoms with van der Waals surface area (Å²) in [5, 5.41) is 2.93. The van der Waals surface area contributed by atoms with Gasteiger partial charge in [-0.25, -0.2) is 4.39 Å². The van der Waals surface area contributed by atoms with E-state index >= 15 is 0 Å². The van der Waals surface area contributed by atoms with Gasteiger partial charge in [-0.15, -0.1) is 0 Å². The molecule has 23 heavy (non-hydrogen) atoms. The standard InChI is InChI=1S/C17H21FN2O3/c1-11(15-7-4-8-23-15)19-17(22)12-9-16(21)20(10-12)14-6-3-2-5-13(14)18/h2-3,5-6,11-12,15H,4,7-10H2,1H3,(H,19,22)/t11-,12-,15+/m0/s1. The molecule has 0 saturated carbocycles. The Balaban J connectivity index is 1.62. The van der Waals surface area contributed by atoms with Crippen LogP contribution in [0.3, 0.4) is 0 Å². The number of carbonyl (C=O) groups is 2. The van der Waals surface area contributed by atoms with E-state index in [9.17, 15) is 14.0 Å². The molecule has 0 aliphatic carbocycles. The van der Waals surface area contributed by atoms with Gasteiger partial charge in [-0.05, 0) is 31.9 Å². The van der Waals surface area contributed by atoms with E-state index < -0.39 is 11.7 Å². The molecule has 5 nitrogen and oxygen atoms in total. The number of para-hydroxylation sites is 1. The molecule has 2 fully saturated rings. The average Bonchev–Trinajstić information content (AvgIpc) is 3.17. The smallest absolute Gasteiger partial charge is 0.227 e. The maximum absolute atomic E-state index is 13.8. The number of benzene rings is 1. The number of anilines is 1. The van der Waals surface area contributed by atoms with Gasteiger partial charge in [0.15, 0.2) is 0 Å². The second-order valence-corrected chi connectivity index (χ2v) is 6.21. The molecule has 3 rings (SSSR count). The van der Waals surface area contributed by atoms with Gasteiger partial charge in [0.1, 0.15) is 5.82 Å². The van der Waals surface area contributed by atoms with E-state index in [0.29, 0.717) is 0 Å². The summed E-state index contributed by atoms with van der Waals surface area (Å²) in [5.41, 5.74) is 0.236. The minimum Gasteiger partial charge on any atom is -0.376 e. The van der Waals surface area contributed by atoms with Crippen LogP contribution in [-0.4, -0.2) is 37.1 Å². The first-order chi connectivity index (χ1) is 11.1. The zero-order valence-corrected chi connectivity index (χ0v) is 13.1. The number of ether oxygens (including phenoxy) is 1. The van der Waals surface area contributed by atoms with Gasteiger partial charge in [0.05, 0.1) is 23.8 Å². The normalized spacial score (nSPS) is 25.7. The SMILES string of the molecule is C[C@H](NC(=O)[C@H]1CC(=O)N(c2ccccc2F)C1)[C@H]1CCCO1. The first-order valence-electron chi connectivity index (χ1n) is 8.03. The number of rotatable bonds is 4. The molecule has 1 aromatic rings. The highest BCUT2D eigenvalue weighted by Gasteiger charge is 2.37. The van der Waals surface area contributed by atoms with Gasteiger partial charge in [-0.1, -0.05) is 12.1 Å². The first-order valence-corrected chi connectivity index (χ1v) is 8.03. The Morgan fingerprint density at radius 3 is 2.91 bits per heavy atom. The second-order valence-electron chi connectivity index (χ2n) is 6.21. The molecule has 0 spiro atoms. The van der Waals surface area contributed by atoms with Crippen LogP contribution in [0.5, 0.6) is 0 Å². The van der Waals surface area contributed by atoms with Crippen LogP contribution in [0.2, 0.25) is 0 Å². The van der Waals surface area contributed by atoms with Crippen molar-refractivity contribution in [2.45, 2.75) is 38.3 Å². The van der Waals surface area contributed by atoms with Gasteiger partial charge in [-0.2, -0.15) is 0 Å². The summed E-state index contributed by atoms with van der Waals surface area (Å²) in [7, 11) is 0. The zero-order chi connectivity index (χ0) is 16.4. The molecule has 1 aromatic carbocycles. The Morgan fingerprint density at radius 1 is 1.43 bits per heavy atom. The lowest BCUT2D eigenvalue weighted by atomic mass is 10.1. The number of carbonyl (C=O) groups excluding carboxylic acids is 2. The Hall–Kier alpha value is -1.95. The number of halogens is 1. The van der Waals surface area contributed by atoms with E-state index in [1.54, 1.807) is 18.2 Å². The number of hydrogen-bond acceptors (Lipinski definition) is 3. The van der Waals surface area contributed by atoms with Crippen LogP contribution in [0.4, 0.5) is 10.1 Å². The van der Waals surface area contributed by atoms with Gasteiger partial charge in [0.2, 0.25) is 11.8 Å². The minimum absolute atomic E-state index is 0.0405. The van der Waals surface area contributed by atoms with Gasteiger partial charge in [0, 0.05) is 19.6 Å². The average molecular weight is 320 g/mol. The highest BCUT2D eigenvalue weighted by Crippen LogP contribution is 2.27. The molecule has 2 saturated heterocycles. The lowest BCUT2D eigenvalue weighted by molar-refractivity contribution is -0.127. The van der Waals surface area contributed by atoms with Gasteiger partial charge >= 0.3 is 0 Å². The second kappa shape index (κ2) is 6.66. The highest BCUT2D eigenvalue weighted by molar-refractivity contribution is 6.00. The van der Waals surface area contributed by atoms with Crippen LogP contribution in [0.25, 0.3) is 0 Å². The Labute approximate surface area is 134 Å². The zero-order valence-electron chi connectivity index (χ0n) is 13.1. The maximum atomic E-state index is 13.8.